The Labute approximate surface area is 390 Å². The minimum Gasteiger partial charge on any atom is -0.772 e. The number of allylic oxidation sites excluding steroid dienone is 7. The fourth-order valence-electron chi connectivity index (χ4n) is 9.52. The predicted octanol–water partition coefficient (Wildman–Crippen LogP) is 11.2. The molecule has 15 heteroatoms. The molecule has 2 unspecified atom stereocenters. The van der Waals surface area contributed by atoms with Crippen LogP contribution in [0.2, 0.25) is 0 Å². The van der Waals surface area contributed by atoms with E-state index in [-0.39, 0.29) is 17.2 Å². The Hall–Kier alpha value is -5.06. The monoisotopic (exact) mass is 957 g/mol. The van der Waals surface area contributed by atoms with Crippen LogP contribution in [-0.4, -0.2) is 67.4 Å². The minimum atomic E-state index is -5.87. The number of rotatable bonds is 18. The summed E-state index contributed by atoms with van der Waals surface area (Å²) in [6.07, 6.45) is 9.75. The topological polar surface area (TPSA) is 133 Å². The van der Waals surface area contributed by atoms with Gasteiger partial charge in [0, 0.05) is 65.3 Å². The van der Waals surface area contributed by atoms with Gasteiger partial charge in [0.15, 0.2) is 0 Å². The van der Waals surface area contributed by atoms with Crippen molar-refractivity contribution in [1.82, 2.24) is 4.31 Å². The van der Waals surface area contributed by atoms with Crippen molar-refractivity contribution in [2.24, 2.45) is 0 Å². The third-order valence-electron chi connectivity index (χ3n) is 12.7. The molecule has 7 rings (SSSR count). The normalized spacial score (nSPS) is 17.3. The van der Waals surface area contributed by atoms with Gasteiger partial charge < -0.3 is 19.3 Å². The third-order valence-corrected chi connectivity index (χ3v) is 15.4. The van der Waals surface area contributed by atoms with Crippen LogP contribution in [0.1, 0.15) is 82.1 Å². The summed E-state index contributed by atoms with van der Waals surface area (Å²) in [5.74, 6) is 0.0906. The first-order valence-electron chi connectivity index (χ1n) is 21.9. The molecule has 0 bridgehead atoms. The zero-order valence-electron chi connectivity index (χ0n) is 37.6. The van der Waals surface area contributed by atoms with Gasteiger partial charge in [-0.15, -0.1) is 0 Å². The van der Waals surface area contributed by atoms with Crippen molar-refractivity contribution in [3.05, 3.63) is 155 Å². The molecule has 66 heavy (non-hydrogen) atoms. The van der Waals surface area contributed by atoms with E-state index in [9.17, 15) is 39.1 Å². The van der Waals surface area contributed by atoms with Gasteiger partial charge in [-0.05, 0) is 99.5 Å². The van der Waals surface area contributed by atoms with Crippen molar-refractivity contribution in [2.75, 3.05) is 41.9 Å². The highest BCUT2D eigenvalue weighted by Gasteiger charge is 2.51. The van der Waals surface area contributed by atoms with E-state index in [0.717, 1.165) is 56.8 Å². The average Bonchev–Trinajstić information content (AvgIpc) is 3.69. The molecular formula is C51H54F3N3O6S3-2. The molecule has 9 nitrogen and oxygen atoms in total. The molecule has 2 atom stereocenters. The van der Waals surface area contributed by atoms with E-state index in [0.29, 0.717) is 71.8 Å². The maximum absolute atomic E-state index is 14.5. The Morgan fingerprint density at radius 3 is 2.03 bits per heavy atom. The number of hydrogen-bond donors (Lipinski definition) is 1. The number of sulfonamides is 1. The van der Waals surface area contributed by atoms with Gasteiger partial charge in [0.05, 0.1) is 5.70 Å². The van der Waals surface area contributed by atoms with Crippen molar-refractivity contribution in [3.63, 3.8) is 0 Å². The van der Waals surface area contributed by atoms with Crippen LogP contribution in [0, 0.1) is 0 Å². The van der Waals surface area contributed by atoms with Gasteiger partial charge in [-0.2, -0.15) is 21.6 Å². The molecule has 0 aromatic heterocycles. The van der Waals surface area contributed by atoms with E-state index in [1.54, 1.807) is 36.4 Å². The first-order chi connectivity index (χ1) is 31.3. The number of alkyl halides is 3. The summed E-state index contributed by atoms with van der Waals surface area (Å²) in [6, 6.07) is 31.2. The average molecular weight is 958 g/mol. The van der Waals surface area contributed by atoms with Crippen LogP contribution in [0.4, 0.5) is 24.5 Å². The molecule has 1 N–H and O–H groups in total. The van der Waals surface area contributed by atoms with Crippen LogP contribution in [0.15, 0.2) is 133 Å². The number of nitrogens with one attached hydrogen (secondary N) is 1. The van der Waals surface area contributed by atoms with E-state index in [1.165, 1.54) is 0 Å². The van der Waals surface area contributed by atoms with Gasteiger partial charge in [-0.25, -0.2) is 0 Å². The lowest BCUT2D eigenvalue weighted by Crippen LogP contribution is -2.37. The highest BCUT2D eigenvalue weighted by atomic mass is 32.2. The Kier molecular flexibility index (Phi) is 14.5. The molecule has 2 aliphatic rings. The second-order valence-electron chi connectivity index (χ2n) is 17.9. The van der Waals surface area contributed by atoms with Crippen LogP contribution in [0.25, 0.3) is 32.7 Å². The second-order valence-corrected chi connectivity index (χ2v) is 21.9. The Morgan fingerprint density at radius 2 is 1.36 bits per heavy atom. The number of nitrogens with zero attached hydrogens (tertiary/aromatic N) is 2. The van der Waals surface area contributed by atoms with Crippen LogP contribution in [-0.2, 0) is 43.0 Å². The Morgan fingerprint density at radius 1 is 0.773 bits per heavy atom. The zero-order chi connectivity index (χ0) is 47.6. The van der Waals surface area contributed by atoms with E-state index in [2.05, 4.69) is 44.0 Å². The van der Waals surface area contributed by atoms with E-state index >= 15 is 0 Å². The van der Waals surface area contributed by atoms with Gasteiger partial charge >= 0.3 is 15.5 Å². The molecule has 0 saturated heterocycles. The van der Waals surface area contributed by atoms with Gasteiger partial charge in [0.25, 0.3) is 0 Å². The summed E-state index contributed by atoms with van der Waals surface area (Å²) in [6.45, 7) is 9.35. The molecule has 1 aliphatic heterocycles. The molecule has 350 valence electrons. The smallest absolute Gasteiger partial charge is 0.516 e. The van der Waals surface area contributed by atoms with Gasteiger partial charge in [0.2, 0.25) is 0 Å². The second kappa shape index (κ2) is 19.7. The lowest BCUT2D eigenvalue weighted by atomic mass is 9.77. The Balaban J connectivity index is 1.34. The van der Waals surface area contributed by atoms with Crippen molar-refractivity contribution >= 4 is 76.3 Å². The predicted molar refractivity (Wildman–Crippen MR) is 262 cm³/mol. The SMILES string of the molecule is CN(C1=C(/C=C/CC(C)(C)c2c(NCCCCS(=O)[O-])ccc3ccccc23)c2ccccc2/C1=C\C=C1\N(CCCCS(=O)[O-])c2ccc3ccccc3c2C1(C)C)S(=O)(=O)C(F)(F)F. The standard InChI is InChI=1S/C51H56F3N3O6S3/c1-49(2,46-37-19-8-6-17-35(37)24-27-43(46)55-31-12-14-33-64(58)59)30-16-23-41-39-21-10-11-22-40(39)42(48(41)56(5)66(62,63)51(52,53)54)26-29-45-50(3,4)47-38-20-9-7-18-36(38)25-28-44(47)57(45)32-13-15-34-65(60)61/h6-11,16-29,55H,12-15,30-34H2,1-5H3,(H,58,59)(H,60,61)/p-2/b23-16+,42-26+,45-29+. The molecular weight excluding hydrogens is 904 g/mol. The molecule has 5 aromatic rings. The maximum Gasteiger partial charge on any atom is 0.516 e. The fourth-order valence-corrected chi connectivity index (χ4v) is 11.2. The number of hydrogen-bond acceptors (Lipinski definition) is 8. The number of anilines is 2. The summed E-state index contributed by atoms with van der Waals surface area (Å²) in [5, 5.41) is 7.63. The summed E-state index contributed by atoms with van der Waals surface area (Å²) < 4.78 is 116. The summed E-state index contributed by atoms with van der Waals surface area (Å²) in [7, 11) is -4.93. The van der Waals surface area contributed by atoms with Crippen molar-refractivity contribution < 1.29 is 39.1 Å². The fraction of sp³-hybridized carbons (Fsp3) is 0.333. The van der Waals surface area contributed by atoms with Gasteiger partial charge in [-0.3, -0.25) is 12.7 Å². The number of likely N-dealkylation sites (N-methyl/N-ethyl adjacent to an activating group) is 1. The molecule has 0 amide bonds. The third kappa shape index (κ3) is 9.82. The van der Waals surface area contributed by atoms with E-state index in [1.807, 2.05) is 78.9 Å². The molecule has 1 aliphatic carbocycles. The number of unbranched alkanes of at least 4 members (excludes halogenated alkanes) is 2. The summed E-state index contributed by atoms with van der Waals surface area (Å²) in [5.41, 5.74) is -0.399. The maximum atomic E-state index is 14.5. The lowest BCUT2D eigenvalue weighted by molar-refractivity contribution is -0.0473. The summed E-state index contributed by atoms with van der Waals surface area (Å²) in [4.78, 5) is 2.14. The number of halogens is 3. The minimum absolute atomic E-state index is 0.0125. The van der Waals surface area contributed by atoms with Crippen LogP contribution >= 0.6 is 0 Å². The molecule has 0 saturated carbocycles. The summed E-state index contributed by atoms with van der Waals surface area (Å²) >= 11 is -4.31. The quantitative estimate of drug-likeness (QED) is 0.0678. The molecule has 1 heterocycles. The van der Waals surface area contributed by atoms with Crippen molar-refractivity contribution in [3.8, 4) is 0 Å². The van der Waals surface area contributed by atoms with Gasteiger partial charge in [0.1, 0.15) is 0 Å². The van der Waals surface area contributed by atoms with E-state index in [4.69, 9.17) is 0 Å². The molecule has 0 fully saturated rings. The highest BCUT2D eigenvalue weighted by molar-refractivity contribution is 7.90. The van der Waals surface area contributed by atoms with E-state index < -0.39 is 48.5 Å². The number of benzene rings is 5. The first kappa shape index (κ1) is 48.9. The van der Waals surface area contributed by atoms with Crippen LogP contribution < -0.4 is 10.2 Å². The largest absolute Gasteiger partial charge is 0.772 e. The highest BCUT2D eigenvalue weighted by Crippen LogP contribution is 2.52. The van der Waals surface area contributed by atoms with Crippen LogP contribution in [0.3, 0.4) is 0 Å². The van der Waals surface area contributed by atoms with Gasteiger partial charge in [-0.1, -0.05) is 153 Å². The Bertz CT molecular complexity index is 2940. The molecule has 0 spiro atoms. The zero-order valence-corrected chi connectivity index (χ0v) is 40.1. The lowest BCUT2D eigenvalue weighted by Gasteiger charge is -2.29. The molecule has 5 aromatic carbocycles. The molecule has 0 radical (unpaired) electrons. The van der Waals surface area contributed by atoms with Crippen molar-refractivity contribution in [2.45, 2.75) is 76.1 Å². The first-order valence-corrected chi connectivity index (χ1v) is 25.8. The number of fused-ring (bicyclic) bond motifs is 5. The van der Waals surface area contributed by atoms with Crippen molar-refractivity contribution in [1.29, 1.82) is 0 Å². The van der Waals surface area contributed by atoms with Crippen LogP contribution in [0.5, 0.6) is 0 Å².